The van der Waals surface area contributed by atoms with Crippen molar-refractivity contribution in [3.05, 3.63) is 39.6 Å². The van der Waals surface area contributed by atoms with Crippen molar-refractivity contribution >= 4 is 17.3 Å². The second-order valence-electron chi connectivity index (χ2n) is 4.71. The number of hydrogen-bond donors (Lipinski definition) is 2. The Balaban J connectivity index is 1.85. The maximum atomic E-state index is 4.43. The lowest BCUT2D eigenvalue weighted by Gasteiger charge is -2.10. The molecular formula is C14H21N5S. The molecule has 5 nitrogen and oxygen atoms in total. The van der Waals surface area contributed by atoms with Gasteiger partial charge in [0.2, 0.25) is 0 Å². The van der Waals surface area contributed by atoms with Crippen molar-refractivity contribution in [2.24, 2.45) is 12.0 Å². The van der Waals surface area contributed by atoms with Crippen LogP contribution in [0.15, 0.2) is 23.5 Å². The van der Waals surface area contributed by atoms with Crippen molar-refractivity contribution in [2.75, 3.05) is 7.05 Å². The molecule has 0 spiro atoms. The molecule has 0 aliphatic heterocycles. The van der Waals surface area contributed by atoms with Gasteiger partial charge in [-0.3, -0.25) is 4.99 Å². The fraction of sp³-hybridized carbons (Fsp3) is 0.429. The zero-order valence-electron chi connectivity index (χ0n) is 12.4. The van der Waals surface area contributed by atoms with Crippen molar-refractivity contribution in [1.29, 1.82) is 0 Å². The number of nitrogens with zero attached hydrogens (tertiary/aromatic N) is 3. The number of aliphatic imine (C=N–C) groups is 1. The second kappa shape index (κ2) is 6.56. The fourth-order valence-corrected chi connectivity index (χ4v) is 2.85. The molecule has 2 aromatic heterocycles. The van der Waals surface area contributed by atoms with Gasteiger partial charge in [-0.2, -0.15) is 0 Å². The number of aromatic nitrogens is 2. The van der Waals surface area contributed by atoms with E-state index in [1.165, 1.54) is 10.4 Å². The minimum atomic E-state index is 0.756. The van der Waals surface area contributed by atoms with E-state index in [9.17, 15) is 0 Å². The van der Waals surface area contributed by atoms with Crippen molar-refractivity contribution in [2.45, 2.75) is 26.9 Å². The molecule has 0 aliphatic rings. The van der Waals surface area contributed by atoms with Crippen LogP contribution in [-0.2, 0) is 20.1 Å². The molecule has 2 N–H and O–H groups in total. The number of thiazole rings is 1. The predicted molar refractivity (Wildman–Crippen MR) is 84.0 cm³/mol. The molecule has 2 rings (SSSR count). The molecule has 0 fully saturated rings. The van der Waals surface area contributed by atoms with Gasteiger partial charge in [-0.05, 0) is 25.5 Å². The van der Waals surface area contributed by atoms with Crippen LogP contribution in [-0.4, -0.2) is 22.6 Å². The van der Waals surface area contributed by atoms with Crippen molar-refractivity contribution in [3.8, 4) is 0 Å². The van der Waals surface area contributed by atoms with Gasteiger partial charge in [-0.1, -0.05) is 0 Å². The molecule has 0 bridgehead atoms. The Bertz CT molecular complexity index is 596. The van der Waals surface area contributed by atoms with E-state index in [0.29, 0.717) is 0 Å². The highest BCUT2D eigenvalue weighted by Crippen LogP contribution is 2.16. The van der Waals surface area contributed by atoms with Crippen LogP contribution >= 0.6 is 11.3 Å². The number of aryl methyl sites for hydroxylation is 3. The SMILES string of the molecule is CN=C(NCc1ccn(C)c1)NCc1sc(C)nc1C. The standard InChI is InChI=1S/C14H21N5S/c1-10-13(20-11(2)18-10)8-17-14(15-3)16-7-12-5-6-19(4)9-12/h5-6,9H,7-8H2,1-4H3,(H2,15,16,17). The van der Waals surface area contributed by atoms with E-state index in [0.717, 1.165) is 29.8 Å². The second-order valence-corrected chi connectivity index (χ2v) is 5.99. The summed E-state index contributed by atoms with van der Waals surface area (Å²) < 4.78 is 2.04. The average molecular weight is 291 g/mol. The molecule has 0 unspecified atom stereocenters. The topological polar surface area (TPSA) is 54.2 Å². The van der Waals surface area contributed by atoms with Crippen molar-refractivity contribution < 1.29 is 0 Å². The van der Waals surface area contributed by atoms with E-state index in [4.69, 9.17) is 0 Å². The van der Waals surface area contributed by atoms with Gasteiger partial charge in [0.15, 0.2) is 5.96 Å². The number of nitrogens with one attached hydrogen (secondary N) is 2. The summed E-state index contributed by atoms with van der Waals surface area (Å²) >= 11 is 1.72. The zero-order valence-corrected chi connectivity index (χ0v) is 13.2. The van der Waals surface area contributed by atoms with Gasteiger partial charge in [0.1, 0.15) is 0 Å². The minimum absolute atomic E-state index is 0.756. The minimum Gasteiger partial charge on any atom is -0.357 e. The summed E-state index contributed by atoms with van der Waals surface area (Å²) in [4.78, 5) is 9.91. The van der Waals surface area contributed by atoms with E-state index in [1.54, 1.807) is 18.4 Å². The summed E-state index contributed by atoms with van der Waals surface area (Å²) in [6.07, 6.45) is 4.13. The van der Waals surface area contributed by atoms with Gasteiger partial charge in [0.25, 0.3) is 0 Å². The van der Waals surface area contributed by atoms with E-state index < -0.39 is 0 Å². The highest BCUT2D eigenvalue weighted by molar-refractivity contribution is 7.11. The third-order valence-corrected chi connectivity index (χ3v) is 4.07. The number of guanidine groups is 1. The lowest BCUT2D eigenvalue weighted by Crippen LogP contribution is -2.36. The molecule has 0 aliphatic carbocycles. The summed E-state index contributed by atoms with van der Waals surface area (Å²) in [7, 11) is 3.80. The van der Waals surface area contributed by atoms with Gasteiger partial charge in [-0.25, -0.2) is 4.98 Å². The summed E-state index contributed by atoms with van der Waals surface area (Å²) in [6, 6.07) is 2.09. The average Bonchev–Trinajstić information content (AvgIpc) is 2.96. The molecule has 0 radical (unpaired) electrons. The highest BCUT2D eigenvalue weighted by Gasteiger charge is 2.05. The van der Waals surface area contributed by atoms with Crippen LogP contribution in [0.25, 0.3) is 0 Å². The number of rotatable bonds is 4. The zero-order chi connectivity index (χ0) is 14.5. The maximum Gasteiger partial charge on any atom is 0.191 e. The molecule has 0 saturated carbocycles. The first-order chi connectivity index (χ1) is 9.58. The molecule has 0 atom stereocenters. The van der Waals surface area contributed by atoms with Crippen molar-refractivity contribution in [1.82, 2.24) is 20.2 Å². The Labute approximate surface area is 123 Å². The fourth-order valence-electron chi connectivity index (χ4n) is 1.97. The molecule has 2 heterocycles. The predicted octanol–water partition coefficient (Wildman–Crippen LogP) is 1.96. The molecule has 20 heavy (non-hydrogen) atoms. The van der Waals surface area contributed by atoms with Crippen LogP contribution in [0.3, 0.4) is 0 Å². The normalized spacial score (nSPS) is 11.7. The Morgan fingerprint density at radius 1 is 1.35 bits per heavy atom. The van der Waals surface area contributed by atoms with Gasteiger partial charge in [0, 0.05) is 37.9 Å². The maximum absolute atomic E-state index is 4.43. The van der Waals surface area contributed by atoms with Gasteiger partial charge < -0.3 is 15.2 Å². The molecule has 0 aromatic carbocycles. The summed E-state index contributed by atoms with van der Waals surface area (Å²) in [5.74, 6) is 0.805. The monoisotopic (exact) mass is 291 g/mol. The third-order valence-electron chi connectivity index (χ3n) is 2.99. The molecule has 2 aromatic rings. The molecule has 0 saturated heterocycles. The third kappa shape index (κ3) is 3.84. The Hall–Kier alpha value is -1.82. The van der Waals surface area contributed by atoms with Gasteiger partial charge in [0.05, 0.1) is 17.2 Å². The van der Waals surface area contributed by atoms with Gasteiger partial charge in [-0.15, -0.1) is 11.3 Å². The van der Waals surface area contributed by atoms with Crippen LogP contribution in [0.1, 0.15) is 21.1 Å². The molecule has 108 valence electrons. The van der Waals surface area contributed by atoms with Crippen LogP contribution in [0.2, 0.25) is 0 Å². The van der Waals surface area contributed by atoms with E-state index in [2.05, 4.69) is 32.9 Å². The first-order valence-corrected chi connectivity index (χ1v) is 7.38. The van der Waals surface area contributed by atoms with Crippen LogP contribution in [0.4, 0.5) is 0 Å². The smallest absolute Gasteiger partial charge is 0.191 e. The lowest BCUT2D eigenvalue weighted by molar-refractivity contribution is 0.808. The van der Waals surface area contributed by atoms with E-state index in [-0.39, 0.29) is 0 Å². The Kier molecular flexibility index (Phi) is 4.79. The van der Waals surface area contributed by atoms with Crippen LogP contribution in [0, 0.1) is 13.8 Å². The number of hydrogen-bond acceptors (Lipinski definition) is 3. The largest absolute Gasteiger partial charge is 0.357 e. The first kappa shape index (κ1) is 14.6. The Morgan fingerprint density at radius 2 is 2.10 bits per heavy atom. The quantitative estimate of drug-likeness (QED) is 0.669. The summed E-state index contributed by atoms with van der Waals surface area (Å²) in [5, 5.41) is 7.73. The van der Waals surface area contributed by atoms with E-state index in [1.807, 2.05) is 31.7 Å². The van der Waals surface area contributed by atoms with Crippen LogP contribution < -0.4 is 10.6 Å². The van der Waals surface area contributed by atoms with Crippen LogP contribution in [0.5, 0.6) is 0 Å². The summed E-state index contributed by atoms with van der Waals surface area (Å²) in [5.41, 5.74) is 2.33. The molecular weight excluding hydrogens is 270 g/mol. The Morgan fingerprint density at radius 3 is 2.65 bits per heavy atom. The molecule has 0 amide bonds. The van der Waals surface area contributed by atoms with Gasteiger partial charge >= 0.3 is 0 Å². The van der Waals surface area contributed by atoms with E-state index >= 15 is 0 Å². The lowest BCUT2D eigenvalue weighted by atomic mass is 10.3. The first-order valence-electron chi connectivity index (χ1n) is 6.56. The highest BCUT2D eigenvalue weighted by atomic mass is 32.1. The molecule has 6 heteroatoms. The summed E-state index contributed by atoms with van der Waals surface area (Å²) in [6.45, 7) is 5.59. The van der Waals surface area contributed by atoms with Crippen molar-refractivity contribution in [3.63, 3.8) is 0 Å².